The zero-order chi connectivity index (χ0) is 24.2. The molecular weight excluding hydrogens is 492 g/mol. The van der Waals surface area contributed by atoms with Crippen molar-refractivity contribution in [2.45, 2.75) is 54.8 Å². The lowest BCUT2D eigenvalue weighted by molar-refractivity contribution is -0.203. The quantitative estimate of drug-likeness (QED) is 0.409. The van der Waals surface area contributed by atoms with Crippen molar-refractivity contribution in [3.8, 4) is 0 Å². The summed E-state index contributed by atoms with van der Waals surface area (Å²) >= 11 is 6.12. The topological polar surface area (TPSA) is 37.4 Å². The Labute approximate surface area is 192 Å². The van der Waals surface area contributed by atoms with E-state index in [9.17, 15) is 34.8 Å². The van der Waals surface area contributed by atoms with Crippen LogP contribution in [0, 0.1) is 5.92 Å². The summed E-state index contributed by atoms with van der Waals surface area (Å²) in [5, 5.41) is 0.188. The Kier molecular flexibility index (Phi) is 5.92. The van der Waals surface area contributed by atoms with Gasteiger partial charge in [-0.3, -0.25) is 4.31 Å². The average molecular weight is 512 g/mol. The predicted molar refractivity (Wildman–Crippen MR) is 112 cm³/mol. The van der Waals surface area contributed by atoms with E-state index in [-0.39, 0.29) is 47.0 Å². The number of rotatable bonds is 2. The normalized spacial score (nSPS) is 24.1. The molecule has 1 spiro atoms. The second kappa shape index (κ2) is 8.08. The van der Waals surface area contributed by atoms with Gasteiger partial charge in [0.25, 0.3) is 10.0 Å². The van der Waals surface area contributed by atoms with E-state index < -0.39 is 39.3 Å². The molecular formula is C22H20ClF6NO2S. The summed E-state index contributed by atoms with van der Waals surface area (Å²) < 4.78 is 108. The van der Waals surface area contributed by atoms with E-state index in [0.29, 0.717) is 25.0 Å². The Bertz CT molecular complexity index is 1150. The van der Waals surface area contributed by atoms with Gasteiger partial charge in [-0.2, -0.15) is 26.3 Å². The molecule has 1 saturated carbocycles. The lowest BCUT2D eigenvalue weighted by Gasteiger charge is -2.50. The fourth-order valence-corrected chi connectivity index (χ4v) is 6.87. The summed E-state index contributed by atoms with van der Waals surface area (Å²) in [5.41, 5.74) is -2.00. The van der Waals surface area contributed by atoms with Gasteiger partial charge in [-0.1, -0.05) is 24.4 Å². The number of benzene rings is 2. The molecule has 0 radical (unpaired) electrons. The van der Waals surface area contributed by atoms with Crippen LogP contribution in [-0.2, 0) is 21.6 Å². The predicted octanol–water partition coefficient (Wildman–Crippen LogP) is 6.95. The third kappa shape index (κ3) is 4.20. The minimum atomic E-state index is -4.63. The number of hydrogen-bond donors (Lipinski definition) is 0. The maximum atomic E-state index is 14.0. The molecule has 4 rings (SSSR count). The molecule has 2 aromatic carbocycles. The highest BCUT2D eigenvalue weighted by molar-refractivity contribution is 7.92. The van der Waals surface area contributed by atoms with Gasteiger partial charge in [0.2, 0.25) is 0 Å². The van der Waals surface area contributed by atoms with Crippen molar-refractivity contribution < 1.29 is 34.8 Å². The molecule has 1 aliphatic carbocycles. The van der Waals surface area contributed by atoms with Crippen LogP contribution >= 0.6 is 11.6 Å². The first-order chi connectivity index (χ1) is 15.3. The zero-order valence-corrected chi connectivity index (χ0v) is 18.8. The van der Waals surface area contributed by atoms with Crippen LogP contribution in [0.3, 0.4) is 0 Å². The molecule has 1 fully saturated rings. The van der Waals surface area contributed by atoms with Crippen molar-refractivity contribution in [1.29, 1.82) is 0 Å². The van der Waals surface area contributed by atoms with Crippen LogP contribution in [0.25, 0.3) is 0 Å². The van der Waals surface area contributed by atoms with Crippen LogP contribution in [0.5, 0.6) is 0 Å². The van der Waals surface area contributed by atoms with Gasteiger partial charge in [0, 0.05) is 17.0 Å². The number of fused-ring (bicyclic) bond motifs is 2. The van der Waals surface area contributed by atoms with Crippen molar-refractivity contribution in [2.24, 2.45) is 5.92 Å². The van der Waals surface area contributed by atoms with Crippen molar-refractivity contribution >= 4 is 27.3 Å². The molecule has 0 aromatic heterocycles. The third-order valence-electron chi connectivity index (χ3n) is 6.72. The minimum Gasteiger partial charge on any atom is -0.266 e. The summed E-state index contributed by atoms with van der Waals surface area (Å²) in [6, 6.07) is 7.23. The highest BCUT2D eigenvalue weighted by Crippen LogP contribution is 2.57. The molecule has 1 aliphatic heterocycles. The molecule has 0 bridgehead atoms. The summed E-state index contributed by atoms with van der Waals surface area (Å²) in [6.45, 7) is -0.218. The number of halogens is 7. The van der Waals surface area contributed by atoms with E-state index in [0.717, 1.165) is 16.4 Å². The fourth-order valence-electron chi connectivity index (χ4n) is 5.21. The van der Waals surface area contributed by atoms with Crippen molar-refractivity contribution in [3.63, 3.8) is 0 Å². The SMILES string of the molecule is O=S(=O)(c1ccc(C(F)(F)F)cc1)N1CCC2(CCCCC2C(F)(F)F)c2cc(Cl)ccc21. The largest absolute Gasteiger partial charge is 0.416 e. The van der Waals surface area contributed by atoms with Gasteiger partial charge in [0.15, 0.2) is 0 Å². The van der Waals surface area contributed by atoms with Crippen LogP contribution in [0.2, 0.25) is 5.02 Å². The Morgan fingerprint density at radius 3 is 2.21 bits per heavy atom. The molecule has 3 nitrogen and oxygen atoms in total. The standard InChI is InChI=1S/C22H20ClF6NO2S/c23-15-6-9-18-17(13-15)20(10-2-1-3-19(20)22(27,28)29)11-12-30(18)33(31,32)16-7-4-14(5-8-16)21(24,25)26/h4-9,13,19H,1-3,10-12H2. The van der Waals surface area contributed by atoms with E-state index in [1.165, 1.54) is 18.2 Å². The Morgan fingerprint density at radius 1 is 0.939 bits per heavy atom. The maximum Gasteiger partial charge on any atom is 0.416 e. The summed E-state index contributed by atoms with van der Waals surface area (Å²) in [6.07, 6.45) is -7.96. The molecule has 1 heterocycles. The van der Waals surface area contributed by atoms with Crippen molar-refractivity contribution in [2.75, 3.05) is 10.8 Å². The van der Waals surface area contributed by atoms with Gasteiger partial charge in [-0.25, -0.2) is 8.42 Å². The molecule has 11 heteroatoms. The number of sulfonamides is 1. The van der Waals surface area contributed by atoms with E-state index in [4.69, 9.17) is 11.6 Å². The summed E-state index contributed by atoms with van der Waals surface area (Å²) in [7, 11) is -4.32. The molecule has 0 saturated heterocycles. The third-order valence-corrected chi connectivity index (χ3v) is 8.78. The lowest BCUT2D eigenvalue weighted by atomic mass is 9.59. The van der Waals surface area contributed by atoms with Crippen LogP contribution in [0.1, 0.15) is 43.2 Å². The van der Waals surface area contributed by atoms with Crippen LogP contribution in [0.4, 0.5) is 32.0 Å². The van der Waals surface area contributed by atoms with Crippen molar-refractivity contribution in [3.05, 3.63) is 58.6 Å². The molecule has 2 unspecified atom stereocenters. The first-order valence-electron chi connectivity index (χ1n) is 10.3. The molecule has 2 aromatic rings. The highest BCUT2D eigenvalue weighted by atomic mass is 35.5. The molecule has 180 valence electrons. The number of nitrogens with zero attached hydrogens (tertiary/aromatic N) is 1. The maximum absolute atomic E-state index is 14.0. The zero-order valence-electron chi connectivity index (χ0n) is 17.2. The summed E-state index contributed by atoms with van der Waals surface area (Å²) in [4.78, 5) is -0.372. The van der Waals surface area contributed by atoms with Crippen LogP contribution in [0.15, 0.2) is 47.4 Å². The molecule has 33 heavy (non-hydrogen) atoms. The first-order valence-corrected chi connectivity index (χ1v) is 12.2. The number of anilines is 1. The molecule has 2 atom stereocenters. The van der Waals surface area contributed by atoms with E-state index in [2.05, 4.69) is 0 Å². The smallest absolute Gasteiger partial charge is 0.266 e. The van der Waals surface area contributed by atoms with Crippen LogP contribution < -0.4 is 4.31 Å². The lowest BCUT2D eigenvalue weighted by Crippen LogP contribution is -2.52. The van der Waals surface area contributed by atoms with Gasteiger partial charge in [-0.05, 0) is 67.3 Å². The number of hydrogen-bond acceptors (Lipinski definition) is 2. The van der Waals surface area contributed by atoms with E-state index >= 15 is 0 Å². The van der Waals surface area contributed by atoms with Gasteiger partial charge in [0.05, 0.1) is 22.1 Å². The molecule has 0 N–H and O–H groups in total. The highest BCUT2D eigenvalue weighted by Gasteiger charge is 2.57. The Hall–Kier alpha value is -1.94. The van der Waals surface area contributed by atoms with E-state index in [1.807, 2.05) is 0 Å². The van der Waals surface area contributed by atoms with Gasteiger partial charge < -0.3 is 0 Å². The van der Waals surface area contributed by atoms with Gasteiger partial charge in [-0.15, -0.1) is 0 Å². The van der Waals surface area contributed by atoms with Crippen molar-refractivity contribution in [1.82, 2.24) is 0 Å². The van der Waals surface area contributed by atoms with Crippen LogP contribution in [-0.4, -0.2) is 21.1 Å². The minimum absolute atomic E-state index is 0.0545. The molecule has 2 aliphatic rings. The van der Waals surface area contributed by atoms with Gasteiger partial charge >= 0.3 is 12.4 Å². The average Bonchev–Trinajstić information content (AvgIpc) is 2.73. The summed E-state index contributed by atoms with van der Waals surface area (Å²) in [5.74, 6) is -1.63. The van der Waals surface area contributed by atoms with Gasteiger partial charge in [0.1, 0.15) is 0 Å². The monoisotopic (exact) mass is 511 g/mol. The second-order valence-electron chi connectivity index (χ2n) is 8.51. The fraction of sp³-hybridized carbons (Fsp3) is 0.455. The number of alkyl halides is 6. The first kappa shape index (κ1) is 24.2. The second-order valence-corrected chi connectivity index (χ2v) is 10.8. The Balaban J connectivity index is 1.81. The van der Waals surface area contributed by atoms with E-state index in [1.54, 1.807) is 0 Å². The molecule has 0 amide bonds. The Morgan fingerprint density at radius 2 is 1.61 bits per heavy atom.